The van der Waals surface area contributed by atoms with Gasteiger partial charge in [-0.2, -0.15) is 0 Å². The lowest BCUT2D eigenvalue weighted by molar-refractivity contribution is -0.146. The lowest BCUT2D eigenvalue weighted by Crippen LogP contribution is -2.44. The maximum absolute atomic E-state index is 12.1. The number of carboxylic acid groups (broad SMARTS) is 1. The minimum Gasteiger partial charge on any atom is -0.497 e. The summed E-state index contributed by atoms with van der Waals surface area (Å²) in [6.45, 7) is 4.52. The van der Waals surface area contributed by atoms with E-state index in [1.807, 2.05) is 36.0 Å². The Kier molecular flexibility index (Phi) is 9.24. The molecule has 3 aromatic rings. The first-order valence-corrected chi connectivity index (χ1v) is 13.7. The number of hydrogen-bond acceptors (Lipinski definition) is 6. The third-order valence-corrected chi connectivity index (χ3v) is 8.27. The number of aromatic nitrogens is 1. The van der Waals surface area contributed by atoms with Crippen molar-refractivity contribution in [3.63, 3.8) is 0 Å². The van der Waals surface area contributed by atoms with E-state index in [0.717, 1.165) is 53.9 Å². The van der Waals surface area contributed by atoms with Gasteiger partial charge < -0.3 is 19.8 Å². The van der Waals surface area contributed by atoms with Crippen molar-refractivity contribution in [1.82, 2.24) is 9.88 Å². The van der Waals surface area contributed by atoms with Crippen LogP contribution < -0.4 is 4.74 Å². The van der Waals surface area contributed by atoms with Crippen LogP contribution in [0, 0.1) is 18.8 Å². The molecule has 0 saturated carbocycles. The number of rotatable bonds is 11. The zero-order valence-corrected chi connectivity index (χ0v) is 21.9. The maximum atomic E-state index is 12.1. The van der Waals surface area contributed by atoms with Gasteiger partial charge in [-0.25, -0.2) is 0 Å². The van der Waals surface area contributed by atoms with Gasteiger partial charge in [0.25, 0.3) is 0 Å². The Bertz CT molecular complexity index is 1170. The molecule has 3 atom stereocenters. The van der Waals surface area contributed by atoms with Crippen molar-refractivity contribution in [2.75, 3.05) is 32.5 Å². The molecular formula is C29H36N2O4S. The Morgan fingerprint density at radius 3 is 2.89 bits per heavy atom. The Morgan fingerprint density at radius 2 is 2.11 bits per heavy atom. The van der Waals surface area contributed by atoms with E-state index in [4.69, 9.17) is 4.74 Å². The standard InChI is InChI=1S/C29H36N2O4S/c1-20-5-3-6-23(17-20)36-16-4-14-31-15-12-21(26(19-31)29(33)34)7-10-28(32)24-11-13-30-27-9-8-22(35-2)18-25(24)27/h3,5-6,8-9,11,13,17-18,21,26,28,32H,4,7,10,12,14-16,19H2,1-2H3,(H,33,34)/t21-,26+,28?/m1/s1. The number of thioether (sulfide) groups is 1. The van der Waals surface area contributed by atoms with E-state index in [-0.39, 0.29) is 5.92 Å². The summed E-state index contributed by atoms with van der Waals surface area (Å²) < 4.78 is 5.34. The van der Waals surface area contributed by atoms with Gasteiger partial charge in [-0.3, -0.25) is 9.78 Å². The molecule has 2 N–H and O–H groups in total. The largest absolute Gasteiger partial charge is 0.497 e. The third-order valence-electron chi connectivity index (χ3n) is 7.19. The van der Waals surface area contributed by atoms with Gasteiger partial charge in [-0.1, -0.05) is 17.7 Å². The van der Waals surface area contributed by atoms with Crippen LogP contribution in [-0.2, 0) is 4.79 Å². The smallest absolute Gasteiger partial charge is 0.308 e. The van der Waals surface area contributed by atoms with Gasteiger partial charge in [0.2, 0.25) is 0 Å². The topological polar surface area (TPSA) is 82.9 Å². The van der Waals surface area contributed by atoms with E-state index in [1.165, 1.54) is 10.5 Å². The van der Waals surface area contributed by atoms with Gasteiger partial charge in [0.1, 0.15) is 5.75 Å². The Hall–Kier alpha value is -2.61. The number of piperidine rings is 1. The molecule has 2 aromatic carbocycles. The monoisotopic (exact) mass is 508 g/mol. The van der Waals surface area contributed by atoms with Crippen LogP contribution in [0.4, 0.5) is 0 Å². The first-order chi connectivity index (χ1) is 17.4. The molecule has 1 aliphatic rings. The second-order valence-electron chi connectivity index (χ2n) is 9.69. The van der Waals surface area contributed by atoms with Gasteiger partial charge in [0.15, 0.2) is 0 Å². The fourth-order valence-corrected chi connectivity index (χ4v) is 6.12. The maximum Gasteiger partial charge on any atom is 0.308 e. The van der Waals surface area contributed by atoms with Crippen molar-refractivity contribution >= 4 is 28.6 Å². The summed E-state index contributed by atoms with van der Waals surface area (Å²) in [6, 6.07) is 16.0. The Labute approximate surface area is 217 Å². The average molecular weight is 509 g/mol. The highest BCUT2D eigenvalue weighted by atomic mass is 32.2. The summed E-state index contributed by atoms with van der Waals surface area (Å²) in [4.78, 5) is 20.1. The molecule has 36 heavy (non-hydrogen) atoms. The molecule has 4 rings (SSSR count). The van der Waals surface area contributed by atoms with E-state index < -0.39 is 18.0 Å². The minimum absolute atomic E-state index is 0.0673. The van der Waals surface area contributed by atoms with Crippen molar-refractivity contribution in [2.24, 2.45) is 11.8 Å². The number of methoxy groups -OCH3 is 1. The first-order valence-electron chi connectivity index (χ1n) is 12.7. The molecule has 0 bridgehead atoms. The number of fused-ring (bicyclic) bond motifs is 1. The van der Waals surface area contributed by atoms with E-state index >= 15 is 0 Å². The molecular weight excluding hydrogens is 472 g/mol. The summed E-state index contributed by atoms with van der Waals surface area (Å²) >= 11 is 1.86. The van der Waals surface area contributed by atoms with Crippen molar-refractivity contribution < 1.29 is 19.7 Å². The lowest BCUT2D eigenvalue weighted by Gasteiger charge is -2.37. The molecule has 0 amide bonds. The lowest BCUT2D eigenvalue weighted by atomic mass is 9.81. The van der Waals surface area contributed by atoms with Crippen molar-refractivity contribution in [3.8, 4) is 5.75 Å². The number of ether oxygens (including phenoxy) is 1. The van der Waals surface area contributed by atoms with Crippen LogP contribution in [0.5, 0.6) is 5.75 Å². The molecule has 1 aliphatic heterocycles. The number of carboxylic acids is 1. The number of benzene rings is 2. The van der Waals surface area contributed by atoms with Crippen molar-refractivity contribution in [1.29, 1.82) is 0 Å². The molecule has 192 valence electrons. The minimum atomic E-state index is -0.729. The summed E-state index contributed by atoms with van der Waals surface area (Å²) in [5.41, 5.74) is 2.90. The van der Waals surface area contributed by atoms with Gasteiger partial charge in [0.05, 0.1) is 24.6 Å². The van der Waals surface area contributed by atoms with E-state index in [9.17, 15) is 15.0 Å². The molecule has 0 aliphatic carbocycles. The van der Waals surface area contributed by atoms with E-state index in [0.29, 0.717) is 19.4 Å². The van der Waals surface area contributed by atoms with E-state index in [1.54, 1.807) is 13.3 Å². The summed E-state index contributed by atoms with van der Waals surface area (Å²) in [7, 11) is 1.62. The predicted octanol–water partition coefficient (Wildman–Crippen LogP) is 5.57. The van der Waals surface area contributed by atoms with Crippen molar-refractivity contribution in [2.45, 2.75) is 43.6 Å². The molecule has 2 heterocycles. The fourth-order valence-electron chi connectivity index (χ4n) is 5.17. The normalized spacial score (nSPS) is 19.3. The Morgan fingerprint density at radius 1 is 1.25 bits per heavy atom. The summed E-state index contributed by atoms with van der Waals surface area (Å²) in [6.07, 6.45) is 4.13. The highest BCUT2D eigenvalue weighted by molar-refractivity contribution is 7.99. The van der Waals surface area contributed by atoms with E-state index in [2.05, 4.69) is 41.1 Å². The van der Waals surface area contributed by atoms with Crippen LogP contribution in [0.3, 0.4) is 0 Å². The molecule has 0 spiro atoms. The zero-order chi connectivity index (χ0) is 25.5. The van der Waals surface area contributed by atoms with Crippen LogP contribution in [0.2, 0.25) is 0 Å². The number of aryl methyl sites for hydroxylation is 1. The van der Waals surface area contributed by atoms with Crippen LogP contribution in [0.15, 0.2) is 59.6 Å². The number of aliphatic carboxylic acids is 1. The van der Waals surface area contributed by atoms with Gasteiger partial charge in [-0.05, 0) is 99.3 Å². The highest BCUT2D eigenvalue weighted by Crippen LogP contribution is 2.34. The molecule has 1 unspecified atom stereocenters. The molecule has 1 saturated heterocycles. The SMILES string of the molecule is COc1ccc2nccc(C(O)CC[C@@H]3CCN(CCCSc4cccc(C)c4)C[C@@H]3C(=O)O)c2c1. The molecule has 1 aromatic heterocycles. The number of aliphatic hydroxyl groups is 1. The second kappa shape index (κ2) is 12.6. The molecule has 6 nitrogen and oxygen atoms in total. The average Bonchev–Trinajstić information content (AvgIpc) is 2.89. The van der Waals surface area contributed by atoms with Gasteiger partial charge in [-0.15, -0.1) is 11.8 Å². The Balaban J connectivity index is 1.29. The van der Waals surface area contributed by atoms with Crippen molar-refractivity contribution in [3.05, 3.63) is 65.9 Å². The number of aliphatic hydroxyl groups excluding tert-OH is 1. The van der Waals surface area contributed by atoms with Gasteiger partial charge >= 0.3 is 5.97 Å². The summed E-state index contributed by atoms with van der Waals surface area (Å²) in [5, 5.41) is 21.8. The van der Waals surface area contributed by atoms with Crippen LogP contribution in [0.25, 0.3) is 10.9 Å². The fraction of sp³-hybridized carbons (Fsp3) is 0.448. The second-order valence-corrected chi connectivity index (χ2v) is 10.9. The zero-order valence-electron chi connectivity index (χ0n) is 21.1. The van der Waals surface area contributed by atoms with Crippen LogP contribution >= 0.6 is 11.8 Å². The van der Waals surface area contributed by atoms with Crippen LogP contribution in [0.1, 0.15) is 42.9 Å². The quantitative estimate of drug-likeness (QED) is 0.259. The third kappa shape index (κ3) is 6.78. The number of pyridine rings is 1. The molecule has 7 heteroatoms. The number of carbonyl (C=O) groups is 1. The summed E-state index contributed by atoms with van der Waals surface area (Å²) in [5.74, 6) is 0.687. The van der Waals surface area contributed by atoms with Gasteiger partial charge in [0, 0.05) is 23.0 Å². The molecule has 1 fully saturated rings. The molecule has 0 radical (unpaired) electrons. The number of likely N-dealkylation sites (tertiary alicyclic amines) is 1. The number of nitrogens with zero attached hydrogens (tertiary/aromatic N) is 2. The highest BCUT2D eigenvalue weighted by Gasteiger charge is 2.34. The first kappa shape index (κ1) is 26.5. The predicted molar refractivity (Wildman–Crippen MR) is 145 cm³/mol. The number of hydrogen-bond donors (Lipinski definition) is 2. The van der Waals surface area contributed by atoms with Crippen LogP contribution in [-0.4, -0.2) is 58.6 Å².